The first kappa shape index (κ1) is 16.1. The van der Waals surface area contributed by atoms with Gasteiger partial charge in [-0.1, -0.05) is 37.5 Å². The number of nitrogens with zero attached hydrogens (tertiary/aromatic N) is 2. The van der Waals surface area contributed by atoms with E-state index in [9.17, 15) is 4.79 Å². The van der Waals surface area contributed by atoms with E-state index < -0.39 is 0 Å². The molecule has 2 heterocycles. The van der Waals surface area contributed by atoms with Gasteiger partial charge in [-0.25, -0.2) is 4.98 Å². The van der Waals surface area contributed by atoms with Crippen LogP contribution in [0.4, 0.5) is 11.5 Å². The number of para-hydroxylation sites is 1. The van der Waals surface area contributed by atoms with Crippen LogP contribution in [0.5, 0.6) is 0 Å². The number of amides is 1. The molecule has 1 aliphatic carbocycles. The number of nitrogens with one attached hydrogen (secondary N) is 1. The van der Waals surface area contributed by atoms with E-state index >= 15 is 0 Å². The average molecular weight is 335 g/mol. The van der Waals surface area contributed by atoms with Crippen LogP contribution in [0, 0.1) is 0 Å². The number of hydrogen-bond acceptors (Lipinski definition) is 3. The lowest BCUT2D eigenvalue weighted by atomic mass is 9.95. The number of fused-ring (bicyclic) bond motifs is 1. The first-order valence-electron chi connectivity index (χ1n) is 9.37. The largest absolute Gasteiger partial charge is 0.349 e. The Morgan fingerprint density at radius 1 is 1.12 bits per heavy atom. The van der Waals surface area contributed by atoms with Crippen molar-refractivity contribution in [1.29, 1.82) is 0 Å². The summed E-state index contributed by atoms with van der Waals surface area (Å²) in [5, 5.41) is 3.23. The fourth-order valence-electron chi connectivity index (χ4n) is 4.16. The maximum absolute atomic E-state index is 12.9. The Hall–Kier alpha value is -2.36. The van der Waals surface area contributed by atoms with Crippen molar-refractivity contribution in [3.63, 3.8) is 0 Å². The van der Waals surface area contributed by atoms with Crippen LogP contribution in [0.15, 0.2) is 42.6 Å². The summed E-state index contributed by atoms with van der Waals surface area (Å²) in [6.45, 7) is 2.19. The molecule has 1 unspecified atom stereocenters. The third-order valence-electron chi connectivity index (χ3n) is 5.41. The van der Waals surface area contributed by atoms with Gasteiger partial charge in [0.2, 0.25) is 0 Å². The zero-order chi connectivity index (χ0) is 17.2. The van der Waals surface area contributed by atoms with Crippen LogP contribution >= 0.6 is 0 Å². The molecule has 1 aromatic carbocycles. The van der Waals surface area contributed by atoms with Gasteiger partial charge in [0.15, 0.2) is 0 Å². The molecule has 1 atom stereocenters. The Morgan fingerprint density at radius 2 is 1.92 bits per heavy atom. The van der Waals surface area contributed by atoms with E-state index in [1.165, 1.54) is 30.5 Å². The molecule has 2 aliphatic rings. The Kier molecular flexibility index (Phi) is 4.43. The number of anilines is 2. The average Bonchev–Trinajstić information content (AvgIpc) is 2.98. The van der Waals surface area contributed by atoms with Crippen molar-refractivity contribution in [2.24, 2.45) is 0 Å². The van der Waals surface area contributed by atoms with E-state index in [4.69, 9.17) is 0 Å². The van der Waals surface area contributed by atoms with Crippen LogP contribution in [0.3, 0.4) is 0 Å². The number of pyridine rings is 1. The van der Waals surface area contributed by atoms with Crippen molar-refractivity contribution in [1.82, 2.24) is 10.3 Å². The monoisotopic (exact) mass is 335 g/mol. The third-order valence-corrected chi connectivity index (χ3v) is 5.41. The summed E-state index contributed by atoms with van der Waals surface area (Å²) in [6.07, 6.45) is 8.64. The summed E-state index contributed by atoms with van der Waals surface area (Å²) in [7, 11) is 0. The highest BCUT2D eigenvalue weighted by molar-refractivity contribution is 6.00. The predicted octanol–water partition coefficient (Wildman–Crippen LogP) is 4.23. The van der Waals surface area contributed by atoms with Gasteiger partial charge in [-0.3, -0.25) is 4.79 Å². The Labute approximate surface area is 149 Å². The first-order valence-corrected chi connectivity index (χ1v) is 9.37. The summed E-state index contributed by atoms with van der Waals surface area (Å²) < 4.78 is 0. The molecule has 4 rings (SSSR count). The number of hydrogen-bond donors (Lipinski definition) is 1. The second-order valence-electron chi connectivity index (χ2n) is 7.23. The molecule has 25 heavy (non-hydrogen) atoms. The third kappa shape index (κ3) is 3.13. The van der Waals surface area contributed by atoms with E-state index in [1.54, 1.807) is 6.20 Å². The number of benzene rings is 1. The summed E-state index contributed by atoms with van der Waals surface area (Å²) in [5.41, 5.74) is 3.16. The second kappa shape index (κ2) is 6.87. The molecule has 0 saturated heterocycles. The van der Waals surface area contributed by atoms with Crippen molar-refractivity contribution < 1.29 is 4.79 Å². The zero-order valence-electron chi connectivity index (χ0n) is 14.7. The summed E-state index contributed by atoms with van der Waals surface area (Å²) in [6, 6.07) is 12.8. The van der Waals surface area contributed by atoms with Gasteiger partial charge in [-0.2, -0.15) is 0 Å². The quantitative estimate of drug-likeness (QED) is 0.913. The molecule has 1 saturated carbocycles. The van der Waals surface area contributed by atoms with Gasteiger partial charge in [0.05, 0.1) is 5.56 Å². The molecule has 1 fully saturated rings. The highest BCUT2D eigenvalue weighted by atomic mass is 16.1. The van der Waals surface area contributed by atoms with Crippen molar-refractivity contribution in [2.75, 3.05) is 4.90 Å². The molecule has 0 radical (unpaired) electrons. The molecule has 1 amide bonds. The van der Waals surface area contributed by atoms with Gasteiger partial charge in [0.1, 0.15) is 5.82 Å². The molecular formula is C21H25N3O. The highest BCUT2D eigenvalue weighted by Gasteiger charge is 2.31. The lowest BCUT2D eigenvalue weighted by molar-refractivity contribution is 0.0928. The Morgan fingerprint density at radius 3 is 2.76 bits per heavy atom. The van der Waals surface area contributed by atoms with Gasteiger partial charge in [-0.05, 0) is 49.9 Å². The second-order valence-corrected chi connectivity index (χ2v) is 7.23. The minimum absolute atomic E-state index is 0.00609. The standard InChI is InChI=1S/C21H25N3O/c1-15-14-16-8-5-6-12-19(16)24(15)20-18(11-7-13-22-20)21(25)23-17-9-3-2-4-10-17/h5-8,11-13,15,17H,2-4,9-10,14H2,1H3,(H,23,25). The Balaban J connectivity index is 1.64. The predicted molar refractivity (Wildman–Crippen MR) is 100 cm³/mol. The number of rotatable bonds is 3. The molecule has 0 spiro atoms. The van der Waals surface area contributed by atoms with Crippen molar-refractivity contribution in [3.05, 3.63) is 53.7 Å². The van der Waals surface area contributed by atoms with Gasteiger partial charge in [0, 0.05) is 24.0 Å². The lowest BCUT2D eigenvalue weighted by Crippen LogP contribution is -2.37. The van der Waals surface area contributed by atoms with E-state index in [0.717, 1.165) is 25.1 Å². The zero-order valence-corrected chi connectivity index (χ0v) is 14.7. The molecule has 1 aromatic heterocycles. The normalized spacial score (nSPS) is 20.4. The molecule has 130 valence electrons. The van der Waals surface area contributed by atoms with Gasteiger partial charge >= 0.3 is 0 Å². The maximum Gasteiger partial charge on any atom is 0.255 e. The van der Waals surface area contributed by atoms with Gasteiger partial charge in [-0.15, -0.1) is 0 Å². The fourth-order valence-corrected chi connectivity index (χ4v) is 4.16. The lowest BCUT2D eigenvalue weighted by Gasteiger charge is -2.27. The van der Waals surface area contributed by atoms with E-state index in [2.05, 4.69) is 46.4 Å². The molecular weight excluding hydrogens is 310 g/mol. The van der Waals surface area contributed by atoms with Gasteiger partial charge < -0.3 is 10.2 Å². The highest BCUT2D eigenvalue weighted by Crippen LogP contribution is 2.38. The number of aromatic nitrogens is 1. The molecule has 4 heteroatoms. The van der Waals surface area contributed by atoms with Crippen LogP contribution < -0.4 is 10.2 Å². The van der Waals surface area contributed by atoms with Crippen LogP contribution in [-0.4, -0.2) is 23.0 Å². The number of carbonyl (C=O) groups is 1. The fraction of sp³-hybridized carbons (Fsp3) is 0.429. The van der Waals surface area contributed by atoms with E-state index in [-0.39, 0.29) is 5.91 Å². The van der Waals surface area contributed by atoms with E-state index in [1.807, 2.05) is 12.1 Å². The van der Waals surface area contributed by atoms with Crippen LogP contribution in [0.25, 0.3) is 0 Å². The minimum atomic E-state index is 0.00609. The summed E-state index contributed by atoms with van der Waals surface area (Å²) >= 11 is 0. The van der Waals surface area contributed by atoms with Crippen molar-refractivity contribution in [2.45, 2.75) is 57.5 Å². The molecule has 2 aromatic rings. The first-order chi connectivity index (χ1) is 12.2. The van der Waals surface area contributed by atoms with Crippen molar-refractivity contribution in [3.8, 4) is 0 Å². The van der Waals surface area contributed by atoms with Crippen LogP contribution in [-0.2, 0) is 6.42 Å². The van der Waals surface area contributed by atoms with Crippen LogP contribution in [0.2, 0.25) is 0 Å². The Bertz CT molecular complexity index is 767. The minimum Gasteiger partial charge on any atom is -0.349 e. The maximum atomic E-state index is 12.9. The molecule has 4 nitrogen and oxygen atoms in total. The molecule has 0 bridgehead atoms. The van der Waals surface area contributed by atoms with Gasteiger partial charge in [0.25, 0.3) is 5.91 Å². The summed E-state index contributed by atoms with van der Waals surface area (Å²) in [4.78, 5) is 19.7. The topological polar surface area (TPSA) is 45.2 Å². The molecule has 1 N–H and O–H groups in total. The van der Waals surface area contributed by atoms with Crippen LogP contribution in [0.1, 0.15) is 54.9 Å². The van der Waals surface area contributed by atoms with Crippen molar-refractivity contribution >= 4 is 17.4 Å². The smallest absolute Gasteiger partial charge is 0.255 e. The molecule has 1 aliphatic heterocycles. The number of carbonyl (C=O) groups excluding carboxylic acids is 1. The SMILES string of the molecule is CC1Cc2ccccc2N1c1ncccc1C(=O)NC1CCCCC1. The van der Waals surface area contributed by atoms with E-state index in [0.29, 0.717) is 17.6 Å². The summed E-state index contributed by atoms with van der Waals surface area (Å²) in [5.74, 6) is 0.778.